The molecule has 0 unspecified atom stereocenters. The van der Waals surface area contributed by atoms with E-state index >= 15 is 0 Å². The summed E-state index contributed by atoms with van der Waals surface area (Å²) in [6.07, 6.45) is 5.24. The van der Waals surface area contributed by atoms with Crippen molar-refractivity contribution in [2.75, 3.05) is 32.5 Å². The number of amides is 1. The molecule has 1 saturated heterocycles. The van der Waals surface area contributed by atoms with Gasteiger partial charge in [-0.05, 0) is 81.1 Å². The molecular weight excluding hydrogens is 517 g/mol. The van der Waals surface area contributed by atoms with Gasteiger partial charge in [0, 0.05) is 28.8 Å². The van der Waals surface area contributed by atoms with Crippen LogP contribution in [0, 0.1) is 5.41 Å². The number of thioether (sulfide) groups is 1. The summed E-state index contributed by atoms with van der Waals surface area (Å²) in [5.74, 6) is 1.39. The lowest BCUT2D eigenvalue weighted by Crippen LogP contribution is -2.48. The van der Waals surface area contributed by atoms with Crippen molar-refractivity contribution in [3.63, 3.8) is 0 Å². The molecule has 9 heteroatoms. The number of methoxy groups -OCH3 is 1. The maximum absolute atomic E-state index is 12.8. The summed E-state index contributed by atoms with van der Waals surface area (Å²) in [5, 5.41) is 11.9. The summed E-state index contributed by atoms with van der Waals surface area (Å²) in [6.45, 7) is 2.55. The van der Waals surface area contributed by atoms with Gasteiger partial charge in [-0.15, -0.1) is 11.8 Å². The Morgan fingerprint density at radius 3 is 2.69 bits per heavy atom. The Morgan fingerprint density at radius 2 is 1.97 bits per heavy atom. The van der Waals surface area contributed by atoms with E-state index in [9.17, 15) is 10.0 Å². The molecule has 1 aromatic heterocycles. The standard InChI is InChI=1S/C27H31Cl2N3O3S/c1-35-19-8-9-24-21(17-19)20(23(29)18-30-24)5-4-10-27(26(33)31-34)11-13-32(14-12-27)15-16-36-25-7-3-2-6-22(25)28/h2-3,6-9,17-18,34H,4-5,10-16H2,1H3,(H,31,33). The molecule has 1 aliphatic heterocycles. The van der Waals surface area contributed by atoms with Crippen molar-refractivity contribution in [1.82, 2.24) is 15.4 Å². The highest BCUT2D eigenvalue weighted by atomic mass is 35.5. The molecule has 1 aliphatic rings. The summed E-state index contributed by atoms with van der Waals surface area (Å²) in [6, 6.07) is 13.6. The van der Waals surface area contributed by atoms with Crippen LogP contribution in [0.1, 0.15) is 31.2 Å². The van der Waals surface area contributed by atoms with Crippen LogP contribution >= 0.6 is 35.0 Å². The van der Waals surface area contributed by atoms with Gasteiger partial charge in [0.2, 0.25) is 5.91 Å². The predicted molar refractivity (Wildman–Crippen MR) is 146 cm³/mol. The Hall–Kier alpha value is -2.03. The van der Waals surface area contributed by atoms with Gasteiger partial charge in [0.1, 0.15) is 5.75 Å². The van der Waals surface area contributed by atoms with Crippen molar-refractivity contribution in [1.29, 1.82) is 0 Å². The lowest BCUT2D eigenvalue weighted by molar-refractivity contribution is -0.143. The van der Waals surface area contributed by atoms with E-state index in [1.54, 1.807) is 25.1 Å². The third-order valence-electron chi connectivity index (χ3n) is 7.11. The van der Waals surface area contributed by atoms with Crippen LogP contribution in [0.2, 0.25) is 10.0 Å². The van der Waals surface area contributed by atoms with Gasteiger partial charge in [0.05, 0.1) is 28.1 Å². The first-order valence-electron chi connectivity index (χ1n) is 12.1. The highest BCUT2D eigenvalue weighted by Gasteiger charge is 2.40. The number of halogens is 2. The number of carbonyl (C=O) groups excluding carboxylic acids is 1. The molecule has 0 radical (unpaired) electrons. The second-order valence-electron chi connectivity index (χ2n) is 9.16. The third kappa shape index (κ3) is 6.26. The second-order valence-corrected chi connectivity index (χ2v) is 11.1. The molecule has 0 aliphatic carbocycles. The highest BCUT2D eigenvalue weighted by molar-refractivity contribution is 7.99. The topological polar surface area (TPSA) is 74.7 Å². The molecule has 2 heterocycles. The van der Waals surface area contributed by atoms with Crippen LogP contribution in [-0.2, 0) is 11.2 Å². The van der Waals surface area contributed by atoms with Crippen LogP contribution in [0.3, 0.4) is 0 Å². The number of rotatable bonds is 10. The SMILES string of the molecule is COc1ccc2ncc(Cl)c(CCCC3(C(=O)NO)CCN(CCSc4ccccc4Cl)CC3)c2c1. The minimum Gasteiger partial charge on any atom is -0.497 e. The normalized spacial score (nSPS) is 15.7. The number of pyridine rings is 1. The number of likely N-dealkylation sites (tertiary alicyclic amines) is 1. The zero-order chi connectivity index (χ0) is 25.5. The van der Waals surface area contributed by atoms with Gasteiger partial charge in [-0.1, -0.05) is 35.3 Å². The molecule has 36 heavy (non-hydrogen) atoms. The quantitative estimate of drug-likeness (QED) is 0.177. The number of carbonyl (C=O) groups is 1. The molecule has 0 bridgehead atoms. The summed E-state index contributed by atoms with van der Waals surface area (Å²) < 4.78 is 5.38. The fourth-order valence-corrected chi connectivity index (χ4v) is 6.44. The number of piperidine rings is 1. The van der Waals surface area contributed by atoms with Gasteiger partial charge < -0.3 is 9.64 Å². The molecule has 2 N–H and O–H groups in total. The Kier molecular flexibility index (Phi) is 9.36. The van der Waals surface area contributed by atoms with Crippen molar-refractivity contribution in [2.45, 2.75) is 37.0 Å². The van der Waals surface area contributed by atoms with Crippen LogP contribution in [0.4, 0.5) is 0 Å². The van der Waals surface area contributed by atoms with E-state index in [0.717, 1.165) is 63.9 Å². The largest absolute Gasteiger partial charge is 0.497 e. The van der Waals surface area contributed by atoms with E-state index in [1.807, 2.05) is 47.9 Å². The Balaban J connectivity index is 1.36. The maximum Gasteiger partial charge on any atom is 0.249 e. The van der Waals surface area contributed by atoms with Gasteiger partial charge >= 0.3 is 0 Å². The maximum atomic E-state index is 12.8. The minimum atomic E-state index is -0.589. The van der Waals surface area contributed by atoms with Crippen molar-refractivity contribution in [3.8, 4) is 5.75 Å². The van der Waals surface area contributed by atoms with Crippen molar-refractivity contribution in [3.05, 3.63) is 64.3 Å². The van der Waals surface area contributed by atoms with Crippen LogP contribution < -0.4 is 10.2 Å². The van der Waals surface area contributed by atoms with Crippen LogP contribution in [0.25, 0.3) is 10.9 Å². The number of ether oxygens (including phenoxy) is 1. The van der Waals surface area contributed by atoms with Gasteiger partial charge in [-0.25, -0.2) is 5.48 Å². The smallest absolute Gasteiger partial charge is 0.249 e. The van der Waals surface area contributed by atoms with Crippen molar-refractivity contribution >= 4 is 51.8 Å². The fraction of sp³-hybridized carbons (Fsp3) is 0.407. The van der Waals surface area contributed by atoms with E-state index in [2.05, 4.69) is 9.88 Å². The molecule has 2 aromatic carbocycles. The zero-order valence-electron chi connectivity index (χ0n) is 20.3. The summed E-state index contributed by atoms with van der Waals surface area (Å²) in [4.78, 5) is 20.7. The lowest BCUT2D eigenvalue weighted by Gasteiger charge is -2.40. The van der Waals surface area contributed by atoms with Crippen molar-refractivity contribution in [2.24, 2.45) is 5.41 Å². The fourth-order valence-electron chi connectivity index (χ4n) is 4.95. The Bertz CT molecular complexity index is 1200. The average Bonchev–Trinajstić information content (AvgIpc) is 2.91. The number of hydrogen-bond acceptors (Lipinski definition) is 6. The molecule has 6 nitrogen and oxygen atoms in total. The molecular formula is C27H31Cl2N3O3S. The van der Waals surface area contributed by atoms with E-state index in [0.29, 0.717) is 30.7 Å². The van der Waals surface area contributed by atoms with E-state index in [-0.39, 0.29) is 5.91 Å². The molecule has 0 atom stereocenters. The number of aryl methyl sites for hydroxylation is 1. The number of aromatic nitrogens is 1. The Labute approximate surface area is 226 Å². The first-order valence-corrected chi connectivity index (χ1v) is 13.9. The summed E-state index contributed by atoms with van der Waals surface area (Å²) in [7, 11) is 1.64. The zero-order valence-corrected chi connectivity index (χ0v) is 22.6. The average molecular weight is 549 g/mol. The van der Waals surface area contributed by atoms with Crippen LogP contribution in [0.5, 0.6) is 5.75 Å². The van der Waals surface area contributed by atoms with E-state index in [4.69, 9.17) is 27.9 Å². The number of benzene rings is 2. The second kappa shape index (κ2) is 12.5. The molecule has 3 aromatic rings. The van der Waals surface area contributed by atoms with Crippen LogP contribution in [-0.4, -0.2) is 53.5 Å². The molecule has 0 spiro atoms. The Morgan fingerprint density at radius 1 is 1.19 bits per heavy atom. The van der Waals surface area contributed by atoms with Crippen molar-refractivity contribution < 1.29 is 14.7 Å². The number of hydroxylamine groups is 1. The molecule has 1 fully saturated rings. The number of hydrogen-bond donors (Lipinski definition) is 2. The van der Waals surface area contributed by atoms with E-state index < -0.39 is 5.41 Å². The monoisotopic (exact) mass is 547 g/mol. The third-order valence-corrected chi connectivity index (χ3v) is 8.94. The molecule has 4 rings (SSSR count). The molecule has 192 valence electrons. The predicted octanol–water partition coefficient (Wildman–Crippen LogP) is 6.25. The number of nitrogens with one attached hydrogen (secondary N) is 1. The molecule has 0 saturated carbocycles. The number of nitrogens with zero attached hydrogens (tertiary/aromatic N) is 2. The first-order chi connectivity index (χ1) is 17.5. The number of fused-ring (bicyclic) bond motifs is 1. The molecule has 1 amide bonds. The summed E-state index contributed by atoms with van der Waals surface area (Å²) in [5.41, 5.74) is 3.22. The van der Waals surface area contributed by atoms with Gasteiger partial charge in [0.25, 0.3) is 0 Å². The highest BCUT2D eigenvalue weighted by Crippen LogP contribution is 2.38. The van der Waals surface area contributed by atoms with Gasteiger partial charge in [0.15, 0.2) is 0 Å². The van der Waals surface area contributed by atoms with E-state index in [1.165, 1.54) is 0 Å². The van der Waals surface area contributed by atoms with Gasteiger partial charge in [-0.3, -0.25) is 15.0 Å². The minimum absolute atomic E-state index is 0.292. The first kappa shape index (κ1) is 27.0. The van der Waals surface area contributed by atoms with Crippen LogP contribution in [0.15, 0.2) is 53.6 Å². The van der Waals surface area contributed by atoms with Gasteiger partial charge in [-0.2, -0.15) is 0 Å². The lowest BCUT2D eigenvalue weighted by atomic mass is 9.73. The summed E-state index contributed by atoms with van der Waals surface area (Å²) >= 11 is 14.5.